The van der Waals surface area contributed by atoms with Gasteiger partial charge in [0.2, 0.25) is 0 Å². The molecule has 0 saturated heterocycles. The number of aryl methyl sites for hydroxylation is 2. The van der Waals surface area contributed by atoms with Crippen molar-refractivity contribution in [3.63, 3.8) is 0 Å². The maximum Gasteiger partial charge on any atom is 0.261 e. The third kappa shape index (κ3) is 4.73. The van der Waals surface area contributed by atoms with E-state index in [1.165, 1.54) is 24.3 Å². The van der Waals surface area contributed by atoms with Gasteiger partial charge in [-0.05, 0) is 48.2 Å². The Kier molecular flexibility index (Phi) is 6.03. The Balaban J connectivity index is 2.26. The fraction of sp³-hybridized carbons (Fsp3) is 0.278. The number of para-hydroxylation sites is 1. The smallest absolute Gasteiger partial charge is 0.261 e. The quantitative estimate of drug-likeness (QED) is 0.753. The topological polar surface area (TPSA) is 98.5 Å². The van der Waals surface area contributed by atoms with Gasteiger partial charge in [0.15, 0.2) is 6.61 Å². The summed E-state index contributed by atoms with van der Waals surface area (Å²) in [5, 5.41) is 0. The summed E-state index contributed by atoms with van der Waals surface area (Å²) < 4.78 is 33.2. The lowest BCUT2D eigenvalue weighted by Gasteiger charge is -2.16. The first kappa shape index (κ1) is 18.8. The van der Waals surface area contributed by atoms with Gasteiger partial charge in [0.1, 0.15) is 5.75 Å². The molecule has 25 heavy (non-hydrogen) atoms. The van der Waals surface area contributed by atoms with Crippen LogP contribution in [0.4, 0.5) is 5.69 Å². The first-order chi connectivity index (χ1) is 11.9. The molecule has 0 aromatic heterocycles. The monoisotopic (exact) mass is 362 g/mol. The SMILES string of the molecule is CCc1cccc(CC)c1NS(=O)(=O)c1ccc(OCC(N)=O)cc1. The molecule has 0 unspecified atom stereocenters. The highest BCUT2D eigenvalue weighted by Gasteiger charge is 2.17. The van der Waals surface area contributed by atoms with E-state index in [-0.39, 0.29) is 11.5 Å². The zero-order valence-electron chi connectivity index (χ0n) is 14.3. The van der Waals surface area contributed by atoms with Crippen LogP contribution in [0.1, 0.15) is 25.0 Å². The Morgan fingerprint density at radius 2 is 1.60 bits per heavy atom. The van der Waals surface area contributed by atoms with Crippen LogP contribution in [-0.2, 0) is 27.7 Å². The summed E-state index contributed by atoms with van der Waals surface area (Å²) in [5.41, 5.74) is 7.55. The maximum absolute atomic E-state index is 12.7. The normalized spacial score (nSPS) is 11.1. The van der Waals surface area contributed by atoms with E-state index in [1.54, 1.807) is 0 Å². The lowest BCUT2D eigenvalue weighted by molar-refractivity contribution is -0.119. The molecule has 0 aliphatic rings. The Morgan fingerprint density at radius 3 is 2.08 bits per heavy atom. The van der Waals surface area contributed by atoms with Gasteiger partial charge >= 0.3 is 0 Å². The summed E-state index contributed by atoms with van der Waals surface area (Å²) in [6.45, 7) is 3.71. The highest BCUT2D eigenvalue weighted by molar-refractivity contribution is 7.92. The van der Waals surface area contributed by atoms with Crippen LogP contribution in [0, 0.1) is 0 Å². The lowest BCUT2D eigenvalue weighted by atomic mass is 10.0. The van der Waals surface area contributed by atoms with Crippen molar-refractivity contribution < 1.29 is 17.9 Å². The zero-order valence-corrected chi connectivity index (χ0v) is 15.1. The van der Waals surface area contributed by atoms with Crippen molar-refractivity contribution in [2.24, 2.45) is 5.73 Å². The van der Waals surface area contributed by atoms with Crippen molar-refractivity contribution in [2.75, 3.05) is 11.3 Å². The van der Waals surface area contributed by atoms with E-state index in [0.29, 0.717) is 11.4 Å². The van der Waals surface area contributed by atoms with Crippen molar-refractivity contribution in [2.45, 2.75) is 31.6 Å². The number of carbonyl (C=O) groups is 1. The number of carbonyl (C=O) groups excluding carboxylic acids is 1. The second kappa shape index (κ2) is 8.02. The lowest BCUT2D eigenvalue weighted by Crippen LogP contribution is -2.20. The van der Waals surface area contributed by atoms with Crippen LogP contribution in [0.3, 0.4) is 0 Å². The maximum atomic E-state index is 12.7. The van der Waals surface area contributed by atoms with Crippen molar-refractivity contribution in [3.8, 4) is 5.75 Å². The number of hydrogen-bond donors (Lipinski definition) is 2. The van der Waals surface area contributed by atoms with E-state index in [2.05, 4.69) is 4.72 Å². The van der Waals surface area contributed by atoms with E-state index in [1.807, 2.05) is 32.0 Å². The molecular formula is C18H22N2O4S. The number of benzene rings is 2. The molecule has 134 valence electrons. The number of rotatable bonds is 8. The predicted molar refractivity (Wildman–Crippen MR) is 97.1 cm³/mol. The number of nitrogens with one attached hydrogen (secondary N) is 1. The number of nitrogens with two attached hydrogens (primary N) is 1. The van der Waals surface area contributed by atoms with Crippen molar-refractivity contribution in [3.05, 3.63) is 53.6 Å². The van der Waals surface area contributed by atoms with Crippen LogP contribution < -0.4 is 15.2 Å². The third-order valence-electron chi connectivity index (χ3n) is 3.75. The molecule has 1 amide bonds. The molecular weight excluding hydrogens is 340 g/mol. The second-order valence-electron chi connectivity index (χ2n) is 5.49. The summed E-state index contributed by atoms with van der Waals surface area (Å²) >= 11 is 0. The summed E-state index contributed by atoms with van der Waals surface area (Å²) in [5.74, 6) is -0.220. The summed E-state index contributed by atoms with van der Waals surface area (Å²) in [7, 11) is -3.72. The summed E-state index contributed by atoms with van der Waals surface area (Å²) in [6.07, 6.45) is 1.46. The molecule has 0 fully saturated rings. The molecule has 0 heterocycles. The van der Waals surface area contributed by atoms with E-state index < -0.39 is 15.9 Å². The van der Waals surface area contributed by atoms with Crippen molar-refractivity contribution in [1.29, 1.82) is 0 Å². The van der Waals surface area contributed by atoms with Gasteiger partial charge in [-0.3, -0.25) is 9.52 Å². The van der Waals surface area contributed by atoms with E-state index >= 15 is 0 Å². The van der Waals surface area contributed by atoms with E-state index in [9.17, 15) is 13.2 Å². The second-order valence-corrected chi connectivity index (χ2v) is 7.17. The minimum absolute atomic E-state index is 0.117. The van der Waals surface area contributed by atoms with E-state index in [4.69, 9.17) is 10.5 Å². The largest absolute Gasteiger partial charge is 0.484 e. The van der Waals surface area contributed by atoms with Crippen molar-refractivity contribution >= 4 is 21.6 Å². The number of ether oxygens (including phenoxy) is 1. The van der Waals surface area contributed by atoms with Gasteiger partial charge in [-0.15, -0.1) is 0 Å². The molecule has 0 saturated carbocycles. The molecule has 3 N–H and O–H groups in total. The van der Waals surface area contributed by atoms with Gasteiger partial charge in [0.05, 0.1) is 10.6 Å². The fourth-order valence-corrected chi connectivity index (χ4v) is 3.58. The minimum Gasteiger partial charge on any atom is -0.484 e. The molecule has 7 heteroatoms. The van der Waals surface area contributed by atoms with Gasteiger partial charge in [-0.25, -0.2) is 8.42 Å². The Hall–Kier alpha value is -2.54. The van der Waals surface area contributed by atoms with Gasteiger partial charge in [0, 0.05) is 0 Å². The molecule has 6 nitrogen and oxygen atoms in total. The predicted octanol–water partition coefficient (Wildman–Crippen LogP) is 2.48. The van der Waals surface area contributed by atoms with Crippen LogP contribution in [0.5, 0.6) is 5.75 Å². The highest BCUT2D eigenvalue weighted by atomic mass is 32.2. The molecule has 2 aromatic carbocycles. The van der Waals surface area contributed by atoms with Crippen LogP contribution in [0.15, 0.2) is 47.4 Å². The van der Waals surface area contributed by atoms with Crippen molar-refractivity contribution in [1.82, 2.24) is 0 Å². The Labute approximate surface area is 148 Å². The van der Waals surface area contributed by atoms with Crippen LogP contribution in [0.25, 0.3) is 0 Å². The average Bonchev–Trinajstić information content (AvgIpc) is 2.60. The molecule has 2 rings (SSSR count). The average molecular weight is 362 g/mol. The highest BCUT2D eigenvalue weighted by Crippen LogP contribution is 2.26. The standard InChI is InChI=1S/C18H22N2O4S/c1-3-13-6-5-7-14(4-2)18(13)20-25(22,23)16-10-8-15(9-11-16)24-12-17(19)21/h5-11,20H,3-4,12H2,1-2H3,(H2,19,21). The first-order valence-corrected chi connectivity index (χ1v) is 9.50. The summed E-state index contributed by atoms with van der Waals surface area (Å²) in [4.78, 5) is 10.8. The third-order valence-corrected chi connectivity index (χ3v) is 5.12. The van der Waals surface area contributed by atoms with Gasteiger partial charge < -0.3 is 10.5 Å². The Bertz CT molecular complexity index is 824. The van der Waals surface area contributed by atoms with E-state index in [0.717, 1.165) is 24.0 Å². The number of sulfonamides is 1. The number of anilines is 1. The molecule has 0 aliphatic heterocycles. The Morgan fingerprint density at radius 1 is 1.04 bits per heavy atom. The van der Waals surface area contributed by atoms with Gasteiger partial charge in [-0.2, -0.15) is 0 Å². The van der Waals surface area contributed by atoms with Crippen LogP contribution in [-0.4, -0.2) is 20.9 Å². The zero-order chi connectivity index (χ0) is 18.4. The van der Waals surface area contributed by atoms with Crippen LogP contribution >= 0.6 is 0 Å². The molecule has 0 bridgehead atoms. The number of amides is 1. The number of hydrogen-bond acceptors (Lipinski definition) is 4. The molecule has 2 aromatic rings. The molecule has 0 aliphatic carbocycles. The fourth-order valence-electron chi connectivity index (χ4n) is 2.44. The molecule has 0 radical (unpaired) electrons. The van der Waals surface area contributed by atoms with Gasteiger partial charge in [0.25, 0.3) is 15.9 Å². The summed E-state index contributed by atoms with van der Waals surface area (Å²) in [6, 6.07) is 11.6. The first-order valence-electron chi connectivity index (χ1n) is 8.02. The number of primary amides is 1. The van der Waals surface area contributed by atoms with Gasteiger partial charge in [-0.1, -0.05) is 32.0 Å². The molecule has 0 spiro atoms. The van der Waals surface area contributed by atoms with Crippen LogP contribution in [0.2, 0.25) is 0 Å². The minimum atomic E-state index is -3.72. The molecule has 0 atom stereocenters.